The molecule has 0 saturated carbocycles. The van der Waals surface area contributed by atoms with E-state index in [1.165, 1.54) is 24.3 Å². The van der Waals surface area contributed by atoms with Crippen molar-refractivity contribution in [3.63, 3.8) is 0 Å². The molecule has 0 aromatic heterocycles. The predicted octanol–water partition coefficient (Wildman–Crippen LogP) is 3.06. The van der Waals surface area contributed by atoms with Gasteiger partial charge in [-0.15, -0.1) is 0 Å². The molecule has 3 N–H and O–H groups in total. The molecule has 0 aliphatic heterocycles. The van der Waals surface area contributed by atoms with Crippen LogP contribution >= 0.6 is 0 Å². The van der Waals surface area contributed by atoms with Gasteiger partial charge in [0.2, 0.25) is 15.9 Å². The van der Waals surface area contributed by atoms with Gasteiger partial charge < -0.3 is 15.3 Å². The number of sulfonamides is 1. The van der Waals surface area contributed by atoms with Crippen molar-refractivity contribution >= 4 is 39.0 Å². The van der Waals surface area contributed by atoms with Crippen molar-refractivity contribution in [2.24, 2.45) is 16.1 Å². The van der Waals surface area contributed by atoms with Crippen molar-refractivity contribution in [2.75, 3.05) is 25.5 Å². The van der Waals surface area contributed by atoms with Crippen molar-refractivity contribution in [2.45, 2.75) is 31.2 Å². The lowest BCUT2D eigenvalue weighted by Gasteiger charge is -2.16. The van der Waals surface area contributed by atoms with Gasteiger partial charge in [-0.25, -0.2) is 17.9 Å². The van der Waals surface area contributed by atoms with Gasteiger partial charge in [0.25, 0.3) is 0 Å². The molecule has 2 rings (SSSR count). The van der Waals surface area contributed by atoms with Crippen LogP contribution in [0.3, 0.4) is 0 Å². The fourth-order valence-corrected chi connectivity index (χ4v) is 3.79. The van der Waals surface area contributed by atoms with Crippen molar-refractivity contribution < 1.29 is 23.1 Å². The van der Waals surface area contributed by atoms with Crippen molar-refractivity contribution in [3.05, 3.63) is 48.5 Å². The molecule has 2 aromatic rings. The number of rotatable bonds is 11. The molecule has 0 aliphatic rings. The largest absolute Gasteiger partial charge is 0.480 e. The average molecular weight is 476 g/mol. The second kappa shape index (κ2) is 11.5. The molecule has 10 nitrogen and oxygen atoms in total. The minimum absolute atomic E-state index is 0.0520. The lowest BCUT2D eigenvalue weighted by atomic mass is 10.0. The maximum Gasteiger partial charge on any atom is 0.326 e. The van der Waals surface area contributed by atoms with Gasteiger partial charge in [-0.1, -0.05) is 13.8 Å². The quantitative estimate of drug-likeness (QED) is 0.427. The third-order valence-corrected chi connectivity index (χ3v) is 5.97. The average Bonchev–Trinajstić information content (AvgIpc) is 2.76. The zero-order valence-corrected chi connectivity index (χ0v) is 19.8. The van der Waals surface area contributed by atoms with E-state index in [0.29, 0.717) is 11.4 Å². The molecule has 178 valence electrons. The summed E-state index contributed by atoms with van der Waals surface area (Å²) < 4.78 is 27.1. The summed E-state index contributed by atoms with van der Waals surface area (Å²) in [5.74, 6) is -1.84. The van der Waals surface area contributed by atoms with Crippen LogP contribution in [0.4, 0.5) is 17.1 Å². The molecule has 33 heavy (non-hydrogen) atoms. The second-order valence-electron chi connectivity index (χ2n) is 8.02. The Balaban J connectivity index is 1.96. The maximum atomic E-state index is 12.4. The van der Waals surface area contributed by atoms with Crippen LogP contribution in [0.2, 0.25) is 0 Å². The van der Waals surface area contributed by atoms with Crippen molar-refractivity contribution in [3.8, 4) is 0 Å². The zero-order chi connectivity index (χ0) is 24.6. The summed E-state index contributed by atoms with van der Waals surface area (Å²) >= 11 is 0. The van der Waals surface area contributed by atoms with Crippen molar-refractivity contribution in [1.82, 2.24) is 10.0 Å². The third kappa shape index (κ3) is 8.28. The van der Waals surface area contributed by atoms with Crippen LogP contribution in [-0.4, -0.2) is 52.1 Å². The molecule has 11 heteroatoms. The first kappa shape index (κ1) is 25.9. The molecule has 0 bridgehead atoms. The van der Waals surface area contributed by atoms with E-state index in [4.69, 9.17) is 0 Å². The smallest absolute Gasteiger partial charge is 0.326 e. The number of benzene rings is 2. The molecule has 2 aromatic carbocycles. The summed E-state index contributed by atoms with van der Waals surface area (Å²) in [6, 6.07) is 12.1. The molecule has 1 amide bonds. The first-order chi connectivity index (χ1) is 15.5. The Labute approximate surface area is 193 Å². The number of aliphatic carboxylic acids is 1. The number of carboxylic acid groups (broad SMARTS) is 1. The molecule has 0 spiro atoms. The molecule has 0 fully saturated rings. The van der Waals surface area contributed by atoms with E-state index in [-0.39, 0.29) is 17.2 Å². The van der Waals surface area contributed by atoms with Gasteiger partial charge in [0.1, 0.15) is 6.04 Å². The second-order valence-corrected chi connectivity index (χ2v) is 9.78. The number of carbonyl (C=O) groups excluding carboxylic acids is 1. The maximum absolute atomic E-state index is 12.4. The Morgan fingerprint density at radius 1 is 0.970 bits per heavy atom. The number of hydrogen-bond acceptors (Lipinski definition) is 7. The van der Waals surface area contributed by atoms with E-state index < -0.39 is 34.5 Å². The number of anilines is 1. The fourth-order valence-electron chi connectivity index (χ4n) is 2.81. The van der Waals surface area contributed by atoms with Crippen LogP contribution in [-0.2, 0) is 19.6 Å². The molecule has 0 radical (unpaired) electrons. The fraction of sp³-hybridized carbons (Fsp3) is 0.364. The Hall–Kier alpha value is -3.31. The van der Waals surface area contributed by atoms with Gasteiger partial charge in [0.05, 0.1) is 22.8 Å². The first-order valence-corrected chi connectivity index (χ1v) is 11.8. The molecular formula is C22H29N5O5S. The third-order valence-electron chi connectivity index (χ3n) is 4.56. The van der Waals surface area contributed by atoms with Crippen LogP contribution in [0.5, 0.6) is 0 Å². The van der Waals surface area contributed by atoms with Crippen LogP contribution in [0, 0.1) is 5.92 Å². The van der Waals surface area contributed by atoms with Gasteiger partial charge in [0.15, 0.2) is 0 Å². The SMILES string of the molecule is CC(C)C[C@H](NC(=O)CNS(=O)(=O)c1ccc(N=Nc2ccc(N(C)C)cc2)cc1)C(=O)O. The number of carboxylic acids is 1. The van der Waals surface area contributed by atoms with E-state index >= 15 is 0 Å². The molecule has 0 unspecified atom stereocenters. The topological polar surface area (TPSA) is 141 Å². The number of amides is 1. The van der Waals surface area contributed by atoms with Gasteiger partial charge in [-0.05, 0) is 60.9 Å². The lowest BCUT2D eigenvalue weighted by molar-refractivity contribution is -0.142. The summed E-state index contributed by atoms with van der Waals surface area (Å²) in [4.78, 5) is 25.2. The van der Waals surface area contributed by atoms with Crippen LogP contribution < -0.4 is 14.9 Å². The van der Waals surface area contributed by atoms with Gasteiger partial charge in [0, 0.05) is 19.8 Å². The Morgan fingerprint density at radius 2 is 1.48 bits per heavy atom. The minimum atomic E-state index is -3.97. The van der Waals surface area contributed by atoms with E-state index in [0.717, 1.165) is 5.69 Å². The number of hydrogen-bond donors (Lipinski definition) is 3. The molecule has 0 heterocycles. The number of carbonyl (C=O) groups is 2. The highest BCUT2D eigenvalue weighted by molar-refractivity contribution is 7.89. The lowest BCUT2D eigenvalue weighted by Crippen LogP contribution is -2.46. The first-order valence-electron chi connectivity index (χ1n) is 10.3. The summed E-state index contributed by atoms with van der Waals surface area (Å²) in [5.41, 5.74) is 2.14. The summed E-state index contributed by atoms with van der Waals surface area (Å²) in [6.07, 6.45) is 0.240. The van der Waals surface area contributed by atoms with E-state index in [9.17, 15) is 23.1 Å². The number of nitrogens with one attached hydrogen (secondary N) is 2. The molecule has 0 saturated heterocycles. The van der Waals surface area contributed by atoms with Gasteiger partial charge >= 0.3 is 5.97 Å². The normalized spacial score (nSPS) is 12.6. The monoisotopic (exact) mass is 475 g/mol. The van der Waals surface area contributed by atoms with E-state index in [1.54, 1.807) is 0 Å². The van der Waals surface area contributed by atoms with Crippen LogP contribution in [0.25, 0.3) is 0 Å². The minimum Gasteiger partial charge on any atom is -0.480 e. The van der Waals surface area contributed by atoms with E-state index in [2.05, 4.69) is 20.3 Å². The van der Waals surface area contributed by atoms with E-state index in [1.807, 2.05) is 57.1 Å². The van der Waals surface area contributed by atoms with Gasteiger partial charge in [-0.3, -0.25) is 4.79 Å². The molecule has 1 atom stereocenters. The number of nitrogens with zero attached hydrogens (tertiary/aromatic N) is 3. The highest BCUT2D eigenvalue weighted by atomic mass is 32.2. The summed E-state index contributed by atoms with van der Waals surface area (Å²) in [5, 5.41) is 19.7. The summed E-state index contributed by atoms with van der Waals surface area (Å²) in [7, 11) is -0.0913. The Morgan fingerprint density at radius 3 is 1.94 bits per heavy atom. The highest BCUT2D eigenvalue weighted by Crippen LogP contribution is 2.22. The van der Waals surface area contributed by atoms with Crippen LogP contribution in [0.1, 0.15) is 20.3 Å². The number of azo groups is 1. The highest BCUT2D eigenvalue weighted by Gasteiger charge is 2.22. The predicted molar refractivity (Wildman–Crippen MR) is 126 cm³/mol. The molecular weight excluding hydrogens is 446 g/mol. The Kier molecular flexibility index (Phi) is 9.06. The van der Waals surface area contributed by atoms with Crippen LogP contribution in [0.15, 0.2) is 63.7 Å². The molecule has 0 aliphatic carbocycles. The standard InChI is InChI=1S/C22H29N5O5S/c1-15(2)13-20(22(29)30)24-21(28)14-23-33(31,32)19-11-7-17(8-12-19)26-25-16-5-9-18(10-6-16)27(3)4/h5-12,15,20,23H,13-14H2,1-4H3,(H,24,28)(H,29,30)/t20-/m0/s1. The zero-order valence-electron chi connectivity index (χ0n) is 19.0. The van der Waals surface area contributed by atoms with Crippen molar-refractivity contribution in [1.29, 1.82) is 0 Å². The van der Waals surface area contributed by atoms with Gasteiger partial charge in [-0.2, -0.15) is 10.2 Å². The summed E-state index contributed by atoms with van der Waals surface area (Å²) in [6.45, 7) is 3.08. The Bertz CT molecular complexity index is 1080.